The molecule has 1 heterocycles. The van der Waals surface area contributed by atoms with Crippen LogP contribution in [0.15, 0.2) is 108 Å². The molecule has 1 aromatic heterocycles. The molecule has 0 fully saturated rings. The SMILES string of the molecule is COC(=O)CCc1ccc(S(=O)(=O)CCc2c(CCOS(C)(=O)=O)n(C(c3ccccc3)c3ccccc3)c3ccc(Cl)cc23)cc1. The number of rotatable bonds is 14. The van der Waals surface area contributed by atoms with Crippen LogP contribution < -0.4 is 0 Å². The number of nitrogens with zero attached hydrogens (tertiary/aromatic N) is 1. The Bertz CT molecular complexity index is 2020. The maximum atomic E-state index is 13.7. The number of carbonyl (C=O) groups is 1. The average Bonchev–Trinajstić information content (AvgIpc) is 3.35. The number of benzene rings is 4. The predicted molar refractivity (Wildman–Crippen MR) is 184 cm³/mol. The molecule has 5 rings (SSSR count). The van der Waals surface area contributed by atoms with Crippen molar-refractivity contribution in [1.29, 1.82) is 0 Å². The van der Waals surface area contributed by atoms with E-state index < -0.39 is 20.0 Å². The minimum absolute atomic E-state index is 0.119. The molecule has 5 aromatic rings. The molecule has 4 aromatic carbocycles. The van der Waals surface area contributed by atoms with Crippen LogP contribution in [0, 0.1) is 0 Å². The Morgan fingerprint density at radius 2 is 1.43 bits per heavy atom. The number of halogens is 1. The first-order chi connectivity index (χ1) is 22.5. The number of hydrogen-bond donors (Lipinski definition) is 0. The summed E-state index contributed by atoms with van der Waals surface area (Å²) in [6, 6.07) is 31.7. The van der Waals surface area contributed by atoms with Crippen molar-refractivity contribution in [2.45, 2.75) is 36.6 Å². The maximum Gasteiger partial charge on any atom is 0.305 e. The summed E-state index contributed by atoms with van der Waals surface area (Å²) >= 11 is 6.52. The van der Waals surface area contributed by atoms with Gasteiger partial charge < -0.3 is 9.30 Å². The first-order valence-corrected chi connectivity index (χ1v) is 19.0. The molecule has 0 unspecified atom stereocenters. The number of methoxy groups -OCH3 is 1. The van der Waals surface area contributed by atoms with E-state index in [4.69, 9.17) is 20.5 Å². The number of aryl methyl sites for hydroxylation is 2. The lowest BCUT2D eigenvalue weighted by Gasteiger charge is -2.25. The van der Waals surface area contributed by atoms with Crippen molar-refractivity contribution < 1.29 is 30.6 Å². The van der Waals surface area contributed by atoms with Gasteiger partial charge in [0.1, 0.15) is 0 Å². The minimum atomic E-state index is -3.73. The van der Waals surface area contributed by atoms with Crippen molar-refractivity contribution in [3.05, 3.63) is 136 Å². The molecule has 0 saturated carbocycles. The van der Waals surface area contributed by atoms with E-state index in [0.717, 1.165) is 45.1 Å². The summed E-state index contributed by atoms with van der Waals surface area (Å²) in [4.78, 5) is 11.7. The fourth-order valence-electron chi connectivity index (χ4n) is 5.87. The number of esters is 1. The van der Waals surface area contributed by atoms with Crippen LogP contribution in [-0.2, 0) is 52.9 Å². The predicted octanol–water partition coefficient (Wildman–Crippen LogP) is 6.57. The second kappa shape index (κ2) is 14.9. The van der Waals surface area contributed by atoms with Crippen molar-refractivity contribution in [2.75, 3.05) is 25.7 Å². The number of sulfone groups is 1. The molecule has 11 heteroatoms. The molecule has 0 amide bonds. The van der Waals surface area contributed by atoms with E-state index in [1.165, 1.54) is 7.11 Å². The second-order valence-electron chi connectivity index (χ2n) is 11.2. The normalized spacial score (nSPS) is 12.1. The number of ether oxygens (including phenoxy) is 1. The van der Waals surface area contributed by atoms with E-state index in [1.54, 1.807) is 30.3 Å². The van der Waals surface area contributed by atoms with Gasteiger partial charge in [-0.15, -0.1) is 0 Å². The number of hydrogen-bond acceptors (Lipinski definition) is 7. The van der Waals surface area contributed by atoms with E-state index in [9.17, 15) is 21.6 Å². The highest BCUT2D eigenvalue weighted by Crippen LogP contribution is 2.38. The molecule has 0 radical (unpaired) electrons. The highest BCUT2D eigenvalue weighted by Gasteiger charge is 2.27. The molecule has 246 valence electrons. The third-order valence-corrected chi connectivity index (χ3v) is 10.6. The Balaban J connectivity index is 1.59. The molecular weight excluding hydrogens is 658 g/mol. The van der Waals surface area contributed by atoms with Gasteiger partial charge >= 0.3 is 5.97 Å². The fourth-order valence-corrected chi connectivity index (χ4v) is 7.69. The molecule has 0 spiro atoms. The fraction of sp³-hybridized carbons (Fsp3) is 0.250. The Morgan fingerprint density at radius 3 is 2.00 bits per heavy atom. The van der Waals surface area contributed by atoms with E-state index in [0.29, 0.717) is 11.4 Å². The quantitative estimate of drug-likeness (QED) is 0.0956. The second-order valence-corrected chi connectivity index (χ2v) is 15.4. The van der Waals surface area contributed by atoms with Gasteiger partial charge in [0.15, 0.2) is 9.84 Å². The Morgan fingerprint density at radius 1 is 0.809 bits per heavy atom. The van der Waals surface area contributed by atoms with Gasteiger partial charge in [-0.25, -0.2) is 8.42 Å². The highest BCUT2D eigenvalue weighted by molar-refractivity contribution is 7.91. The van der Waals surface area contributed by atoms with E-state index in [-0.39, 0.29) is 48.5 Å². The van der Waals surface area contributed by atoms with Crippen LogP contribution in [-0.4, -0.2) is 53.1 Å². The molecule has 0 saturated heterocycles. The van der Waals surface area contributed by atoms with Crippen LogP contribution in [0.1, 0.15) is 40.4 Å². The largest absolute Gasteiger partial charge is 0.469 e. The van der Waals surface area contributed by atoms with E-state index >= 15 is 0 Å². The van der Waals surface area contributed by atoms with Gasteiger partial charge in [0, 0.05) is 34.5 Å². The van der Waals surface area contributed by atoms with Crippen molar-refractivity contribution in [2.24, 2.45) is 0 Å². The topological polar surface area (TPSA) is 109 Å². The third-order valence-electron chi connectivity index (χ3n) is 8.06. The van der Waals surface area contributed by atoms with E-state index in [1.807, 2.05) is 72.8 Å². The molecule has 0 bridgehead atoms. The summed E-state index contributed by atoms with van der Waals surface area (Å²) in [6.07, 6.45) is 2.01. The van der Waals surface area contributed by atoms with Gasteiger partial charge in [-0.1, -0.05) is 84.4 Å². The van der Waals surface area contributed by atoms with Gasteiger partial charge in [-0.3, -0.25) is 8.98 Å². The van der Waals surface area contributed by atoms with Crippen LogP contribution in [0.3, 0.4) is 0 Å². The summed E-state index contributed by atoms with van der Waals surface area (Å²) in [5.41, 5.74) is 5.19. The van der Waals surface area contributed by atoms with Crippen LogP contribution in [0.4, 0.5) is 0 Å². The minimum Gasteiger partial charge on any atom is -0.469 e. The monoisotopic (exact) mass is 693 g/mol. The molecule has 0 aliphatic heterocycles. The molecule has 0 aliphatic rings. The van der Waals surface area contributed by atoms with Crippen molar-refractivity contribution in [3.8, 4) is 0 Å². The van der Waals surface area contributed by atoms with Crippen molar-refractivity contribution >= 4 is 48.4 Å². The maximum absolute atomic E-state index is 13.7. The lowest BCUT2D eigenvalue weighted by molar-refractivity contribution is -0.140. The van der Waals surface area contributed by atoms with Crippen LogP contribution in [0.5, 0.6) is 0 Å². The Labute approximate surface area is 281 Å². The number of aromatic nitrogens is 1. The summed E-state index contributed by atoms with van der Waals surface area (Å²) in [7, 11) is -6.12. The summed E-state index contributed by atoms with van der Waals surface area (Å²) < 4.78 is 63.3. The Hall–Kier alpha value is -3.96. The lowest BCUT2D eigenvalue weighted by Crippen LogP contribution is -2.18. The van der Waals surface area contributed by atoms with Gasteiger partial charge in [-0.05, 0) is 65.4 Å². The van der Waals surface area contributed by atoms with Gasteiger partial charge in [0.05, 0.1) is 36.7 Å². The van der Waals surface area contributed by atoms with Crippen LogP contribution in [0.25, 0.3) is 10.9 Å². The molecule has 0 N–H and O–H groups in total. The van der Waals surface area contributed by atoms with E-state index in [2.05, 4.69) is 4.57 Å². The van der Waals surface area contributed by atoms with Crippen molar-refractivity contribution in [1.82, 2.24) is 4.57 Å². The lowest BCUT2D eigenvalue weighted by atomic mass is 9.97. The van der Waals surface area contributed by atoms with Crippen LogP contribution >= 0.6 is 11.6 Å². The summed E-state index contributed by atoms with van der Waals surface area (Å²) in [5, 5.41) is 1.29. The summed E-state index contributed by atoms with van der Waals surface area (Å²) in [5.74, 6) is -0.526. The van der Waals surface area contributed by atoms with Gasteiger partial charge in [0.25, 0.3) is 10.1 Å². The smallest absolute Gasteiger partial charge is 0.305 e. The standard InChI is InChI=1S/C36H36ClNO7S2/c1-44-35(39)20-15-26-13-17-30(18-14-26)47(42,43)24-22-31-32-25-29(37)16-19-33(32)38(34(31)21-23-45-46(2,40)41)36(27-9-5-3-6-10-27)28-11-7-4-8-12-28/h3-14,16-19,25,36H,15,20-24H2,1-2H3. The number of fused-ring (bicyclic) bond motifs is 1. The van der Waals surface area contributed by atoms with Crippen molar-refractivity contribution in [3.63, 3.8) is 0 Å². The zero-order valence-corrected chi connectivity index (χ0v) is 28.5. The zero-order valence-electron chi connectivity index (χ0n) is 26.1. The van der Waals surface area contributed by atoms with Crippen LogP contribution in [0.2, 0.25) is 5.02 Å². The molecular formula is C36H36ClNO7S2. The number of carbonyl (C=O) groups excluding carboxylic acids is 1. The third kappa shape index (κ3) is 8.50. The zero-order chi connectivity index (χ0) is 33.6. The first-order valence-electron chi connectivity index (χ1n) is 15.1. The first kappa shape index (κ1) is 34.4. The molecule has 8 nitrogen and oxygen atoms in total. The molecule has 0 atom stereocenters. The highest BCUT2D eigenvalue weighted by atomic mass is 35.5. The molecule has 0 aliphatic carbocycles. The van der Waals surface area contributed by atoms with Gasteiger partial charge in [0.2, 0.25) is 0 Å². The summed E-state index contributed by atoms with van der Waals surface area (Å²) in [6.45, 7) is -0.119. The Kier molecular flexibility index (Phi) is 10.9. The van der Waals surface area contributed by atoms with Gasteiger partial charge in [-0.2, -0.15) is 8.42 Å². The molecule has 47 heavy (non-hydrogen) atoms. The average molecular weight is 694 g/mol.